The number of piperazine rings is 1. The summed E-state index contributed by atoms with van der Waals surface area (Å²) < 4.78 is 0. The third kappa shape index (κ3) is 6.13. The summed E-state index contributed by atoms with van der Waals surface area (Å²) in [6.07, 6.45) is 6.26. The lowest BCUT2D eigenvalue weighted by Gasteiger charge is -2.39. The maximum atomic E-state index is 13.5. The van der Waals surface area contributed by atoms with Gasteiger partial charge >= 0.3 is 0 Å². The van der Waals surface area contributed by atoms with E-state index in [4.69, 9.17) is 0 Å². The van der Waals surface area contributed by atoms with E-state index in [9.17, 15) is 19.2 Å². The minimum atomic E-state index is -0.660. The second kappa shape index (κ2) is 12.2. The standard InChI is InChI=1S/C28H35N5O4S/c34-24(9-6-19-4-2-1-3-5-19)32-17-21-7-8-23(33(21)25(35)18-32)27(37)31-22(16-20-10-12-29-13-11-20)26(36)28-30-14-15-38-28/h1-5,14-15,20-23,29H,6-13,16-18H2,(H,31,37). The van der Waals surface area contributed by atoms with Crippen molar-refractivity contribution < 1.29 is 19.2 Å². The Bertz CT molecular complexity index is 1140. The van der Waals surface area contributed by atoms with Crippen molar-refractivity contribution in [3.05, 3.63) is 52.5 Å². The minimum absolute atomic E-state index is 0.00947. The molecule has 10 heteroatoms. The van der Waals surface area contributed by atoms with Gasteiger partial charge in [-0.1, -0.05) is 30.3 Å². The first-order valence-electron chi connectivity index (χ1n) is 13.6. The molecule has 0 aliphatic carbocycles. The average Bonchev–Trinajstić information content (AvgIpc) is 3.63. The van der Waals surface area contributed by atoms with E-state index in [2.05, 4.69) is 15.6 Å². The Morgan fingerprint density at radius 1 is 1.11 bits per heavy atom. The summed E-state index contributed by atoms with van der Waals surface area (Å²) in [5.74, 6) is -0.344. The zero-order chi connectivity index (χ0) is 26.5. The van der Waals surface area contributed by atoms with Crippen LogP contribution in [0.4, 0.5) is 0 Å². The monoisotopic (exact) mass is 537 g/mol. The van der Waals surface area contributed by atoms with Gasteiger partial charge in [-0.3, -0.25) is 19.2 Å². The zero-order valence-electron chi connectivity index (χ0n) is 21.5. The third-order valence-electron chi connectivity index (χ3n) is 7.98. The van der Waals surface area contributed by atoms with E-state index >= 15 is 0 Å². The van der Waals surface area contributed by atoms with Gasteiger partial charge in [0, 0.05) is 24.5 Å². The van der Waals surface area contributed by atoms with E-state index in [-0.39, 0.29) is 36.1 Å². The van der Waals surface area contributed by atoms with Crippen LogP contribution in [0.3, 0.4) is 0 Å². The number of aryl methyl sites for hydroxylation is 1. The first-order chi connectivity index (χ1) is 18.5. The fourth-order valence-electron chi connectivity index (χ4n) is 5.95. The summed E-state index contributed by atoms with van der Waals surface area (Å²) in [6, 6.07) is 8.38. The van der Waals surface area contributed by atoms with E-state index in [0.29, 0.717) is 49.6 Å². The number of aromatic nitrogens is 1. The van der Waals surface area contributed by atoms with Gasteiger partial charge in [-0.15, -0.1) is 11.3 Å². The molecule has 2 aromatic rings. The molecule has 3 unspecified atom stereocenters. The number of Topliss-reactive ketones (excluding diaryl/α,β-unsaturated/α-hetero) is 1. The van der Waals surface area contributed by atoms with Gasteiger partial charge in [0.15, 0.2) is 5.01 Å². The van der Waals surface area contributed by atoms with Crippen molar-refractivity contribution in [3.8, 4) is 0 Å². The molecule has 1 aromatic heterocycles. The van der Waals surface area contributed by atoms with Crippen LogP contribution in [0.2, 0.25) is 0 Å². The van der Waals surface area contributed by atoms with Crippen LogP contribution in [0.25, 0.3) is 0 Å². The highest BCUT2D eigenvalue weighted by Gasteiger charge is 2.46. The number of carbonyl (C=O) groups excluding carboxylic acids is 4. The van der Waals surface area contributed by atoms with Gasteiger partial charge in [0.05, 0.1) is 18.6 Å². The van der Waals surface area contributed by atoms with Gasteiger partial charge in [0.1, 0.15) is 6.04 Å². The average molecular weight is 538 g/mol. The molecule has 9 nitrogen and oxygen atoms in total. The molecule has 4 heterocycles. The first-order valence-corrected chi connectivity index (χ1v) is 14.4. The number of nitrogens with one attached hydrogen (secondary N) is 2. The summed E-state index contributed by atoms with van der Waals surface area (Å²) in [6.45, 7) is 2.25. The Hall–Kier alpha value is -3.11. The van der Waals surface area contributed by atoms with Crippen molar-refractivity contribution in [2.45, 2.75) is 63.1 Å². The molecule has 3 amide bonds. The highest BCUT2D eigenvalue weighted by molar-refractivity contribution is 7.11. The van der Waals surface area contributed by atoms with Crippen molar-refractivity contribution in [1.82, 2.24) is 25.4 Å². The van der Waals surface area contributed by atoms with Gasteiger partial charge in [0.2, 0.25) is 23.5 Å². The molecule has 0 radical (unpaired) electrons. The fraction of sp³-hybridized carbons (Fsp3) is 0.536. The molecular formula is C28H35N5O4S. The molecule has 3 fully saturated rings. The summed E-state index contributed by atoms with van der Waals surface area (Å²) in [5, 5.41) is 8.50. The van der Waals surface area contributed by atoms with Crippen molar-refractivity contribution in [2.24, 2.45) is 5.92 Å². The van der Waals surface area contributed by atoms with E-state index in [1.165, 1.54) is 11.3 Å². The van der Waals surface area contributed by atoms with Crippen LogP contribution in [-0.4, -0.2) is 82.6 Å². The zero-order valence-corrected chi connectivity index (χ0v) is 22.3. The van der Waals surface area contributed by atoms with Crippen molar-refractivity contribution >= 4 is 34.8 Å². The molecule has 2 N–H and O–H groups in total. The molecule has 3 aliphatic heterocycles. The second-order valence-electron chi connectivity index (χ2n) is 10.5. The molecule has 38 heavy (non-hydrogen) atoms. The maximum absolute atomic E-state index is 13.5. The van der Waals surface area contributed by atoms with Crippen molar-refractivity contribution in [1.29, 1.82) is 0 Å². The number of hydrogen-bond acceptors (Lipinski definition) is 7. The number of hydrogen-bond donors (Lipinski definition) is 2. The predicted molar refractivity (Wildman–Crippen MR) is 144 cm³/mol. The van der Waals surface area contributed by atoms with Crippen molar-refractivity contribution in [2.75, 3.05) is 26.2 Å². The number of piperidine rings is 1. The Balaban J connectivity index is 1.20. The molecule has 3 aliphatic rings. The number of rotatable bonds is 9. The minimum Gasteiger partial charge on any atom is -0.344 e. The van der Waals surface area contributed by atoms with Gasteiger partial charge in [-0.05, 0) is 63.1 Å². The number of ketones is 1. The Morgan fingerprint density at radius 2 is 1.89 bits per heavy atom. The summed E-state index contributed by atoms with van der Waals surface area (Å²) >= 11 is 1.28. The van der Waals surface area contributed by atoms with Gasteiger partial charge < -0.3 is 20.4 Å². The Kier molecular flexibility index (Phi) is 8.48. The lowest BCUT2D eigenvalue weighted by molar-refractivity contribution is -0.151. The van der Waals surface area contributed by atoms with Gasteiger partial charge in [0.25, 0.3) is 0 Å². The number of amides is 3. The van der Waals surface area contributed by atoms with Crippen LogP contribution in [0.5, 0.6) is 0 Å². The first kappa shape index (κ1) is 26.5. The normalized spacial score (nSPS) is 22.7. The molecule has 0 bridgehead atoms. The number of fused-ring (bicyclic) bond motifs is 1. The van der Waals surface area contributed by atoms with Crippen LogP contribution >= 0.6 is 11.3 Å². The van der Waals surface area contributed by atoms with Crippen LogP contribution in [-0.2, 0) is 20.8 Å². The maximum Gasteiger partial charge on any atom is 0.243 e. The van der Waals surface area contributed by atoms with E-state index in [0.717, 1.165) is 31.5 Å². The quantitative estimate of drug-likeness (QED) is 0.474. The van der Waals surface area contributed by atoms with E-state index < -0.39 is 12.1 Å². The summed E-state index contributed by atoms with van der Waals surface area (Å²) in [4.78, 5) is 60.2. The topological polar surface area (TPSA) is 112 Å². The van der Waals surface area contributed by atoms with Crippen LogP contribution in [0.15, 0.2) is 41.9 Å². The molecule has 3 saturated heterocycles. The number of thiazole rings is 1. The summed E-state index contributed by atoms with van der Waals surface area (Å²) in [7, 11) is 0. The largest absolute Gasteiger partial charge is 0.344 e. The second-order valence-corrected chi connectivity index (χ2v) is 11.4. The Labute approximate surface area is 227 Å². The highest BCUT2D eigenvalue weighted by Crippen LogP contribution is 2.29. The van der Waals surface area contributed by atoms with Crippen LogP contribution < -0.4 is 10.6 Å². The fourth-order valence-corrected chi connectivity index (χ4v) is 6.58. The number of carbonyl (C=O) groups is 4. The number of nitrogens with zero attached hydrogens (tertiary/aromatic N) is 3. The Morgan fingerprint density at radius 3 is 2.63 bits per heavy atom. The number of benzene rings is 1. The van der Waals surface area contributed by atoms with Crippen LogP contribution in [0, 0.1) is 5.92 Å². The molecule has 3 atom stereocenters. The van der Waals surface area contributed by atoms with E-state index in [1.54, 1.807) is 21.4 Å². The molecule has 202 valence electrons. The molecule has 1 aromatic carbocycles. The lowest BCUT2D eigenvalue weighted by Crippen LogP contribution is -2.60. The molecule has 5 rings (SSSR count). The third-order valence-corrected chi connectivity index (χ3v) is 8.76. The van der Waals surface area contributed by atoms with Crippen molar-refractivity contribution in [3.63, 3.8) is 0 Å². The van der Waals surface area contributed by atoms with Gasteiger partial charge in [-0.2, -0.15) is 0 Å². The molecular weight excluding hydrogens is 502 g/mol. The lowest BCUT2D eigenvalue weighted by atomic mass is 9.89. The smallest absolute Gasteiger partial charge is 0.243 e. The predicted octanol–water partition coefficient (Wildman–Crippen LogP) is 2.03. The highest BCUT2D eigenvalue weighted by atomic mass is 32.1. The summed E-state index contributed by atoms with van der Waals surface area (Å²) in [5.41, 5.74) is 1.09. The SMILES string of the molecule is O=C(c1nccs1)C(CC1CCNCC1)NC(=O)C1CCC2CN(C(=O)CCc3ccccc3)CC(=O)N21. The molecule has 0 saturated carbocycles. The van der Waals surface area contributed by atoms with E-state index in [1.807, 2.05) is 30.3 Å². The van der Waals surface area contributed by atoms with Crippen LogP contribution in [0.1, 0.15) is 53.9 Å². The van der Waals surface area contributed by atoms with Gasteiger partial charge in [-0.25, -0.2) is 4.98 Å². The molecule has 0 spiro atoms.